The van der Waals surface area contributed by atoms with Gasteiger partial charge in [-0.1, -0.05) is 30.3 Å². The van der Waals surface area contributed by atoms with Gasteiger partial charge in [0.1, 0.15) is 5.75 Å². The van der Waals surface area contributed by atoms with Crippen molar-refractivity contribution in [2.24, 2.45) is 17.8 Å². The number of methoxy groups -OCH3 is 1. The van der Waals surface area contributed by atoms with Crippen LogP contribution in [0.25, 0.3) is 16.7 Å². The number of fused-ring (bicyclic) bond motifs is 3. The second kappa shape index (κ2) is 9.29. The number of hydrogen-bond acceptors (Lipinski definition) is 6. The van der Waals surface area contributed by atoms with Crippen molar-refractivity contribution in [1.29, 1.82) is 0 Å². The molecule has 2 aliphatic rings. The minimum absolute atomic E-state index is 0.0221. The SMILES string of the molecule is COc1ccccc1-n1c(SCC(=O)N[C@H](C)[C@@H]2C[C@H]3CC[C@H]2C3)nc2cc([N+](=O)[O-])ccc21. The van der Waals surface area contributed by atoms with Crippen LogP contribution < -0.4 is 10.1 Å². The normalized spacial score (nSPS) is 22.1. The first-order valence-corrected chi connectivity index (χ1v) is 12.7. The van der Waals surface area contributed by atoms with E-state index in [1.807, 2.05) is 28.8 Å². The van der Waals surface area contributed by atoms with E-state index in [-0.39, 0.29) is 23.4 Å². The maximum absolute atomic E-state index is 12.8. The molecule has 2 aromatic carbocycles. The number of nitrogens with one attached hydrogen (secondary N) is 1. The lowest BCUT2D eigenvalue weighted by Crippen LogP contribution is -2.40. The zero-order valence-corrected chi connectivity index (χ0v) is 20.1. The molecule has 0 saturated heterocycles. The predicted octanol–water partition coefficient (Wildman–Crippen LogP) is 4.98. The van der Waals surface area contributed by atoms with E-state index >= 15 is 0 Å². The highest BCUT2D eigenvalue weighted by molar-refractivity contribution is 7.99. The molecule has 0 spiro atoms. The number of carbonyl (C=O) groups excluding carboxylic acids is 1. The first-order chi connectivity index (χ1) is 16.4. The van der Waals surface area contributed by atoms with E-state index in [1.165, 1.54) is 49.6 Å². The number of nitrogens with zero attached hydrogens (tertiary/aromatic N) is 3. The summed E-state index contributed by atoms with van der Waals surface area (Å²) in [4.78, 5) is 28.3. The van der Waals surface area contributed by atoms with Crippen LogP contribution in [-0.4, -0.2) is 39.3 Å². The molecule has 1 amide bonds. The van der Waals surface area contributed by atoms with Crippen LogP contribution in [0.2, 0.25) is 0 Å². The second-order valence-corrected chi connectivity index (χ2v) is 10.3. The van der Waals surface area contributed by atoms with Gasteiger partial charge in [-0.25, -0.2) is 4.98 Å². The summed E-state index contributed by atoms with van der Waals surface area (Å²) in [5.41, 5.74) is 1.96. The van der Waals surface area contributed by atoms with Gasteiger partial charge < -0.3 is 10.1 Å². The van der Waals surface area contributed by atoms with Crippen molar-refractivity contribution in [2.45, 2.75) is 43.8 Å². The summed E-state index contributed by atoms with van der Waals surface area (Å²) in [6, 6.07) is 12.3. The van der Waals surface area contributed by atoms with Gasteiger partial charge in [0.15, 0.2) is 5.16 Å². The number of carbonyl (C=O) groups is 1. The zero-order chi connectivity index (χ0) is 23.8. The van der Waals surface area contributed by atoms with Gasteiger partial charge >= 0.3 is 0 Å². The number of non-ortho nitro benzene ring substituents is 1. The zero-order valence-electron chi connectivity index (χ0n) is 19.3. The van der Waals surface area contributed by atoms with E-state index in [4.69, 9.17) is 4.74 Å². The predicted molar refractivity (Wildman–Crippen MR) is 132 cm³/mol. The molecule has 0 aliphatic heterocycles. The third kappa shape index (κ3) is 4.24. The monoisotopic (exact) mass is 480 g/mol. The van der Waals surface area contributed by atoms with E-state index in [1.54, 1.807) is 13.2 Å². The van der Waals surface area contributed by atoms with Crippen LogP contribution in [0, 0.1) is 27.9 Å². The highest BCUT2D eigenvalue weighted by Gasteiger charge is 2.42. The standard InChI is InChI=1S/C25H28N4O4S/c1-15(19-12-16-7-8-17(19)11-16)26-24(30)14-34-25-27-20-13-18(29(31)32)9-10-21(20)28(25)22-5-3-4-6-23(22)33-2/h3-6,9-10,13,15-17,19H,7-8,11-12,14H2,1-2H3,(H,26,30)/t15-,16+,17+,19+/m1/s1. The van der Waals surface area contributed by atoms with Crippen LogP contribution >= 0.6 is 11.8 Å². The third-order valence-corrected chi connectivity index (χ3v) is 8.24. The van der Waals surface area contributed by atoms with Gasteiger partial charge in [-0.15, -0.1) is 0 Å². The molecule has 1 N–H and O–H groups in total. The van der Waals surface area contributed by atoms with E-state index < -0.39 is 4.92 Å². The van der Waals surface area contributed by atoms with Crippen LogP contribution in [0.3, 0.4) is 0 Å². The molecule has 34 heavy (non-hydrogen) atoms. The molecular formula is C25H28N4O4S. The highest BCUT2D eigenvalue weighted by Crippen LogP contribution is 2.49. The largest absolute Gasteiger partial charge is 0.495 e. The number of amides is 1. The van der Waals surface area contributed by atoms with Crippen molar-refractivity contribution in [3.8, 4) is 11.4 Å². The van der Waals surface area contributed by atoms with Gasteiger partial charge in [-0.05, 0) is 62.1 Å². The Morgan fingerprint density at radius 2 is 2.12 bits per heavy atom. The van der Waals surface area contributed by atoms with Crippen LogP contribution in [0.5, 0.6) is 5.75 Å². The number of nitro benzene ring substituents is 1. The molecule has 0 unspecified atom stereocenters. The van der Waals surface area contributed by atoms with Crippen molar-refractivity contribution < 1.29 is 14.5 Å². The lowest BCUT2D eigenvalue weighted by atomic mass is 9.84. The Morgan fingerprint density at radius 3 is 2.82 bits per heavy atom. The minimum Gasteiger partial charge on any atom is -0.495 e. The maximum Gasteiger partial charge on any atom is 0.271 e. The van der Waals surface area contributed by atoms with Crippen LogP contribution in [0.15, 0.2) is 47.6 Å². The third-order valence-electron chi connectivity index (χ3n) is 7.30. The quantitative estimate of drug-likeness (QED) is 0.277. The summed E-state index contributed by atoms with van der Waals surface area (Å²) in [5.74, 6) is 3.01. The van der Waals surface area contributed by atoms with Crippen molar-refractivity contribution in [1.82, 2.24) is 14.9 Å². The fourth-order valence-electron chi connectivity index (χ4n) is 5.74. The molecule has 2 bridgehead atoms. The number of benzene rings is 2. The van der Waals surface area contributed by atoms with Crippen molar-refractivity contribution in [3.05, 3.63) is 52.6 Å². The Bertz CT molecular complexity index is 1240. The van der Waals surface area contributed by atoms with Gasteiger partial charge in [-0.3, -0.25) is 19.5 Å². The molecule has 5 rings (SSSR count). The summed E-state index contributed by atoms with van der Waals surface area (Å²) in [6.45, 7) is 2.12. The number of imidazole rings is 1. The molecule has 1 aromatic heterocycles. The van der Waals surface area contributed by atoms with Crippen molar-refractivity contribution in [2.75, 3.05) is 12.9 Å². The molecule has 8 nitrogen and oxygen atoms in total. The van der Waals surface area contributed by atoms with E-state index in [0.29, 0.717) is 27.9 Å². The van der Waals surface area contributed by atoms with Crippen LogP contribution in [0.4, 0.5) is 5.69 Å². The molecule has 2 aliphatic carbocycles. The summed E-state index contributed by atoms with van der Waals surface area (Å²) in [5, 5.41) is 15.1. The summed E-state index contributed by atoms with van der Waals surface area (Å²) in [7, 11) is 1.60. The van der Waals surface area contributed by atoms with Gasteiger partial charge in [0.05, 0.1) is 34.5 Å². The lowest BCUT2D eigenvalue weighted by molar-refractivity contribution is -0.384. The van der Waals surface area contributed by atoms with Crippen molar-refractivity contribution in [3.63, 3.8) is 0 Å². The Balaban J connectivity index is 1.39. The maximum atomic E-state index is 12.8. The molecule has 178 valence electrons. The van der Waals surface area contributed by atoms with E-state index in [9.17, 15) is 14.9 Å². The Kier molecular flexibility index (Phi) is 6.20. The lowest BCUT2D eigenvalue weighted by Gasteiger charge is -2.28. The van der Waals surface area contributed by atoms with E-state index in [0.717, 1.165) is 17.5 Å². The second-order valence-electron chi connectivity index (χ2n) is 9.32. The van der Waals surface area contributed by atoms with Crippen molar-refractivity contribution >= 4 is 34.4 Å². The smallest absolute Gasteiger partial charge is 0.271 e. The summed E-state index contributed by atoms with van der Waals surface area (Å²) >= 11 is 1.32. The average molecular weight is 481 g/mol. The number of para-hydroxylation sites is 2. The topological polar surface area (TPSA) is 99.3 Å². The number of nitro groups is 1. The van der Waals surface area contributed by atoms with Gasteiger partial charge in [0.25, 0.3) is 5.69 Å². The molecule has 3 aromatic rings. The van der Waals surface area contributed by atoms with E-state index in [2.05, 4.69) is 17.2 Å². The highest BCUT2D eigenvalue weighted by atomic mass is 32.2. The summed E-state index contributed by atoms with van der Waals surface area (Å²) in [6.07, 6.45) is 5.17. The van der Waals surface area contributed by atoms with Gasteiger partial charge in [0, 0.05) is 18.2 Å². The number of ether oxygens (including phenoxy) is 1. The Hall–Kier alpha value is -3.07. The minimum atomic E-state index is -0.432. The Labute approximate surface area is 202 Å². The molecule has 1 heterocycles. The summed E-state index contributed by atoms with van der Waals surface area (Å²) < 4.78 is 7.45. The fraction of sp³-hybridized carbons (Fsp3) is 0.440. The first-order valence-electron chi connectivity index (χ1n) is 11.7. The molecule has 2 fully saturated rings. The molecule has 2 saturated carbocycles. The van der Waals surface area contributed by atoms with Gasteiger partial charge in [0.2, 0.25) is 5.91 Å². The average Bonchev–Trinajstić information content (AvgIpc) is 3.56. The van der Waals surface area contributed by atoms with Gasteiger partial charge in [-0.2, -0.15) is 0 Å². The number of rotatable bonds is 8. The fourth-order valence-corrected chi connectivity index (χ4v) is 6.58. The Morgan fingerprint density at radius 1 is 1.29 bits per heavy atom. The number of thioether (sulfide) groups is 1. The first kappa shape index (κ1) is 22.7. The molecule has 9 heteroatoms. The van der Waals surface area contributed by atoms with Crippen LogP contribution in [0.1, 0.15) is 32.6 Å². The number of aromatic nitrogens is 2. The van der Waals surface area contributed by atoms with Crippen LogP contribution in [-0.2, 0) is 4.79 Å². The number of hydrogen-bond donors (Lipinski definition) is 1. The molecule has 4 atom stereocenters. The molecular weight excluding hydrogens is 452 g/mol. The molecule has 0 radical (unpaired) electrons.